The second-order valence-corrected chi connectivity index (χ2v) is 2.63. The topological polar surface area (TPSA) is 104 Å². The van der Waals surface area contributed by atoms with Crippen LogP contribution in [0.25, 0.3) is 0 Å². The quantitative estimate of drug-likeness (QED) is 0.353. The molecule has 6 nitrogen and oxygen atoms in total. The van der Waals surface area contributed by atoms with E-state index in [2.05, 4.69) is 4.74 Å². The molecule has 0 bridgehead atoms. The van der Waals surface area contributed by atoms with Crippen molar-refractivity contribution in [1.29, 1.82) is 0 Å². The van der Waals surface area contributed by atoms with Crippen LogP contribution < -0.4 is 0 Å². The summed E-state index contributed by atoms with van der Waals surface area (Å²) in [5, 5.41) is 27.6. The molecule has 0 aliphatic heterocycles. The lowest BCUT2D eigenvalue weighted by molar-refractivity contribution is -0.149. The van der Waals surface area contributed by atoms with Crippen LogP contribution in [0.2, 0.25) is 0 Å². The maximum absolute atomic E-state index is 10.8. The molecule has 0 aromatic carbocycles. The third kappa shape index (κ3) is 4.90. The Morgan fingerprint density at radius 3 is 2.64 bits per heavy atom. The van der Waals surface area contributed by atoms with E-state index in [-0.39, 0.29) is 0 Å². The molecule has 0 aromatic rings. The lowest BCUT2D eigenvalue weighted by atomic mass is 10.1. The summed E-state index contributed by atoms with van der Waals surface area (Å²) in [7, 11) is 0. The van der Waals surface area contributed by atoms with Crippen LogP contribution in [0.1, 0.15) is 17.4 Å². The average Bonchev–Trinajstić information content (AvgIpc) is 2.23. The van der Waals surface area contributed by atoms with Gasteiger partial charge in [-0.1, -0.05) is 0 Å². The highest BCUT2D eigenvalue weighted by Crippen LogP contribution is 2.03. The average molecular weight is 209 g/mol. The molecule has 0 aliphatic rings. The van der Waals surface area contributed by atoms with Gasteiger partial charge in [0.1, 0.15) is 25.1 Å². The van der Waals surface area contributed by atoms with E-state index in [1.165, 1.54) is 0 Å². The largest absolute Gasteiger partial charge is 0.463 e. The van der Waals surface area contributed by atoms with Gasteiger partial charge in [0, 0.05) is 17.4 Å². The molecule has 14 heavy (non-hydrogen) atoms. The van der Waals surface area contributed by atoms with Crippen LogP contribution in [-0.2, 0) is 14.3 Å². The van der Waals surface area contributed by atoms with Gasteiger partial charge in [0.05, 0.1) is 6.10 Å². The predicted octanol–water partition coefficient (Wildman–Crippen LogP) is -1.78. The lowest BCUT2D eigenvalue weighted by Gasteiger charge is -2.20. The van der Waals surface area contributed by atoms with Crippen molar-refractivity contribution >= 4 is 12.3 Å². The summed E-state index contributed by atoms with van der Waals surface area (Å²) in [6.45, 7) is -3.74. The van der Waals surface area contributed by atoms with E-state index in [1.54, 1.807) is 0 Å². The molecule has 0 saturated heterocycles. The predicted molar refractivity (Wildman–Crippen MR) is 45.3 cm³/mol. The number of rotatable bonds is 6. The summed E-state index contributed by atoms with van der Waals surface area (Å²) in [5.41, 5.74) is 0. The van der Waals surface area contributed by atoms with Gasteiger partial charge in [-0.15, -0.1) is 0 Å². The van der Waals surface area contributed by atoms with Crippen molar-refractivity contribution < 1.29 is 33.8 Å². The summed E-state index contributed by atoms with van der Waals surface area (Å²) in [5.74, 6) is -1.52. The zero-order chi connectivity index (χ0) is 13.6. The Kier molecular flexibility index (Phi) is 3.85. The molecule has 0 amide bonds. The van der Waals surface area contributed by atoms with Gasteiger partial charge in [-0.3, -0.25) is 4.79 Å². The van der Waals surface area contributed by atoms with Crippen molar-refractivity contribution in [2.45, 2.75) is 31.6 Å². The highest BCUT2D eigenvalue weighted by Gasteiger charge is 2.24. The van der Waals surface area contributed by atoms with Crippen LogP contribution >= 0.6 is 0 Å². The van der Waals surface area contributed by atoms with E-state index in [9.17, 15) is 19.8 Å². The highest BCUT2D eigenvalue weighted by atomic mass is 16.5. The smallest absolute Gasteiger partial charge is 0.302 e. The number of hydrogen-bond acceptors (Lipinski definition) is 6. The third-order valence-corrected chi connectivity index (χ3v) is 1.51. The van der Waals surface area contributed by atoms with Crippen molar-refractivity contribution in [3.8, 4) is 0 Å². The molecular weight excluding hydrogens is 192 g/mol. The molecule has 0 aliphatic carbocycles. The van der Waals surface area contributed by atoms with Crippen LogP contribution in [0, 0.1) is 0 Å². The zero-order valence-corrected chi connectivity index (χ0v) is 7.29. The zero-order valence-electron chi connectivity index (χ0n) is 10.3. The van der Waals surface area contributed by atoms with Crippen LogP contribution in [0.3, 0.4) is 0 Å². The van der Waals surface area contributed by atoms with Crippen LogP contribution in [-0.4, -0.2) is 52.5 Å². The Morgan fingerprint density at radius 1 is 1.50 bits per heavy atom. The number of aliphatic hydroxyl groups is 3. The third-order valence-electron chi connectivity index (χ3n) is 1.51. The van der Waals surface area contributed by atoms with Crippen molar-refractivity contribution in [2.24, 2.45) is 0 Å². The van der Waals surface area contributed by atoms with Crippen LogP contribution in [0.5, 0.6) is 0 Å². The Labute approximate surface area is 85.3 Å². The Balaban J connectivity index is 4.13. The van der Waals surface area contributed by atoms with E-state index in [0.717, 1.165) is 0 Å². The SMILES string of the molecule is [2H]C([2H])([2H])C(=O)OC[C@@H](O)[C@@H](O)[C@H](O)CC=O. The molecule has 0 unspecified atom stereocenters. The van der Waals surface area contributed by atoms with Crippen molar-refractivity contribution in [3.63, 3.8) is 0 Å². The van der Waals surface area contributed by atoms with Gasteiger partial charge >= 0.3 is 5.97 Å². The molecule has 0 fully saturated rings. The summed E-state index contributed by atoms with van der Waals surface area (Å²) < 4.78 is 24.2. The number of esters is 1. The number of aldehydes is 1. The molecule has 0 spiro atoms. The Hall–Kier alpha value is -0.980. The lowest BCUT2D eigenvalue weighted by Crippen LogP contribution is -2.40. The van der Waals surface area contributed by atoms with Gasteiger partial charge in [0.15, 0.2) is 0 Å². The Bertz CT molecular complexity index is 266. The number of carbonyl (C=O) groups is 2. The Morgan fingerprint density at radius 2 is 2.14 bits per heavy atom. The number of ether oxygens (including phenoxy) is 1. The van der Waals surface area contributed by atoms with Crippen LogP contribution in [0.15, 0.2) is 0 Å². The van der Waals surface area contributed by atoms with E-state index in [0.29, 0.717) is 6.29 Å². The standard InChI is InChI=1S/C8H14O6/c1-5(10)14-4-7(12)8(13)6(11)2-3-9/h3,6-8,11-13H,2,4H2,1H3/t6-,7-,8+/m1/s1/i1D3. The molecule has 6 heteroatoms. The van der Waals surface area contributed by atoms with Gasteiger partial charge in [-0.05, 0) is 0 Å². The number of carbonyl (C=O) groups excluding carboxylic acids is 2. The minimum atomic E-state index is -2.95. The molecule has 3 atom stereocenters. The van der Waals surface area contributed by atoms with Crippen molar-refractivity contribution in [2.75, 3.05) is 6.61 Å². The van der Waals surface area contributed by atoms with E-state index in [1.807, 2.05) is 0 Å². The second-order valence-electron chi connectivity index (χ2n) is 2.63. The van der Waals surface area contributed by atoms with Gasteiger partial charge in [0.2, 0.25) is 0 Å². The van der Waals surface area contributed by atoms with E-state index >= 15 is 0 Å². The van der Waals surface area contributed by atoms with Gasteiger partial charge < -0.3 is 24.9 Å². The van der Waals surface area contributed by atoms with Gasteiger partial charge in [-0.25, -0.2) is 0 Å². The van der Waals surface area contributed by atoms with Crippen LogP contribution in [0.4, 0.5) is 0 Å². The minimum absolute atomic E-state index is 0.342. The number of aliphatic hydroxyl groups excluding tert-OH is 3. The van der Waals surface area contributed by atoms with Crippen molar-refractivity contribution in [3.05, 3.63) is 0 Å². The van der Waals surface area contributed by atoms with Gasteiger partial charge in [0.25, 0.3) is 0 Å². The molecule has 0 heterocycles. The molecular formula is C8H14O6. The maximum Gasteiger partial charge on any atom is 0.302 e. The minimum Gasteiger partial charge on any atom is -0.463 e. The fourth-order valence-corrected chi connectivity index (χ4v) is 0.754. The number of hydrogen-bond donors (Lipinski definition) is 3. The highest BCUT2D eigenvalue weighted by molar-refractivity contribution is 5.65. The summed E-state index contributed by atoms with van der Waals surface area (Å²) in [6.07, 6.45) is -4.93. The first-order chi connectivity index (χ1) is 7.70. The normalized spacial score (nSPS) is 20.9. The first-order valence-corrected chi connectivity index (χ1v) is 3.85. The fourth-order valence-electron chi connectivity index (χ4n) is 0.754. The first kappa shape index (κ1) is 8.34. The van der Waals surface area contributed by atoms with E-state index < -0.39 is 44.2 Å². The molecule has 0 aromatic heterocycles. The van der Waals surface area contributed by atoms with E-state index in [4.69, 9.17) is 9.22 Å². The summed E-state index contributed by atoms with van der Waals surface area (Å²) in [6, 6.07) is 0. The first-order valence-electron chi connectivity index (χ1n) is 5.35. The van der Waals surface area contributed by atoms with Crippen molar-refractivity contribution in [1.82, 2.24) is 0 Å². The van der Waals surface area contributed by atoms with Gasteiger partial charge in [-0.2, -0.15) is 0 Å². The molecule has 82 valence electrons. The summed E-state index contributed by atoms with van der Waals surface area (Å²) in [4.78, 5) is 20.8. The fraction of sp³-hybridized carbons (Fsp3) is 0.750. The maximum atomic E-state index is 10.8. The molecule has 0 radical (unpaired) electrons. The monoisotopic (exact) mass is 209 g/mol. The summed E-state index contributed by atoms with van der Waals surface area (Å²) >= 11 is 0. The molecule has 0 rings (SSSR count). The second kappa shape index (κ2) is 6.47. The molecule has 0 saturated carbocycles. The molecule has 3 N–H and O–H groups in total.